The molecule has 2 aromatic heterocycles. The molecule has 4 heteroatoms. The van der Waals surface area contributed by atoms with E-state index in [0.29, 0.717) is 0 Å². The summed E-state index contributed by atoms with van der Waals surface area (Å²) in [5, 5.41) is 2.35. The Labute approximate surface area is 205 Å². The Kier molecular flexibility index (Phi) is 5.11. The zero-order valence-corrected chi connectivity index (χ0v) is 20.2. The van der Waals surface area contributed by atoms with Crippen molar-refractivity contribution in [3.05, 3.63) is 130 Å². The fourth-order valence-corrected chi connectivity index (χ4v) is 5.53. The molecule has 34 heavy (non-hydrogen) atoms. The third-order valence-corrected chi connectivity index (χ3v) is 7.17. The quantitative estimate of drug-likeness (QED) is 0.246. The third-order valence-electron chi connectivity index (χ3n) is 6.67. The van der Waals surface area contributed by atoms with Crippen LogP contribution in [0.2, 0.25) is 0 Å². The van der Waals surface area contributed by atoms with Crippen LogP contribution in [0.15, 0.2) is 108 Å². The molecule has 1 unspecified atom stereocenters. The van der Waals surface area contributed by atoms with Crippen LogP contribution in [0.4, 0.5) is 4.39 Å². The van der Waals surface area contributed by atoms with Gasteiger partial charge < -0.3 is 9.55 Å². The molecule has 2 nitrogen and oxygen atoms in total. The molecule has 6 aromatic rings. The van der Waals surface area contributed by atoms with Crippen molar-refractivity contribution in [3.8, 4) is 11.3 Å². The molecular weight excluding hydrogens is 487 g/mol. The molecule has 166 valence electrons. The Morgan fingerprint density at radius 2 is 1.56 bits per heavy atom. The Morgan fingerprint density at radius 1 is 0.824 bits per heavy atom. The zero-order valence-electron chi connectivity index (χ0n) is 18.6. The number of aromatic amines is 1. The van der Waals surface area contributed by atoms with E-state index in [-0.39, 0.29) is 11.7 Å². The molecule has 0 aliphatic rings. The molecule has 4 aromatic carbocycles. The number of nitrogens with zero attached hydrogens (tertiary/aromatic N) is 1. The predicted octanol–water partition coefficient (Wildman–Crippen LogP) is 8.41. The molecule has 1 N–H and O–H groups in total. The molecule has 0 radical (unpaired) electrons. The van der Waals surface area contributed by atoms with Crippen molar-refractivity contribution in [2.45, 2.75) is 5.92 Å². The first-order valence-electron chi connectivity index (χ1n) is 11.3. The van der Waals surface area contributed by atoms with Crippen molar-refractivity contribution in [2.24, 2.45) is 7.05 Å². The lowest BCUT2D eigenvalue weighted by atomic mass is 9.82. The summed E-state index contributed by atoms with van der Waals surface area (Å²) in [6.45, 7) is 0. The Balaban J connectivity index is 1.74. The Morgan fingerprint density at radius 3 is 2.35 bits per heavy atom. The molecule has 1 atom stereocenters. The highest BCUT2D eigenvalue weighted by atomic mass is 79.9. The molecule has 0 aliphatic heterocycles. The van der Waals surface area contributed by atoms with Crippen molar-refractivity contribution in [1.82, 2.24) is 9.55 Å². The van der Waals surface area contributed by atoms with E-state index in [1.807, 2.05) is 24.3 Å². The maximum absolute atomic E-state index is 14.0. The third kappa shape index (κ3) is 3.37. The van der Waals surface area contributed by atoms with Gasteiger partial charge in [0.05, 0.1) is 5.69 Å². The summed E-state index contributed by atoms with van der Waals surface area (Å²) >= 11 is 3.65. The molecule has 0 bridgehead atoms. The minimum absolute atomic E-state index is 0.0926. The summed E-state index contributed by atoms with van der Waals surface area (Å²) in [5.41, 5.74) is 8.00. The van der Waals surface area contributed by atoms with Gasteiger partial charge in [0, 0.05) is 45.4 Å². The van der Waals surface area contributed by atoms with Crippen LogP contribution in [0, 0.1) is 5.82 Å². The van der Waals surface area contributed by atoms with E-state index in [4.69, 9.17) is 0 Å². The van der Waals surface area contributed by atoms with E-state index in [0.717, 1.165) is 32.1 Å². The van der Waals surface area contributed by atoms with Crippen molar-refractivity contribution >= 4 is 37.7 Å². The SMILES string of the molecule is Cn1c(-c2ccccc2)c(C(c2ccc(F)cc2)c2c[nH]c3ccc(Br)cc23)c2ccccc21. The molecular formula is C30H22BrFN2. The van der Waals surface area contributed by atoms with Gasteiger partial charge in [-0.15, -0.1) is 0 Å². The second-order valence-corrected chi connectivity index (χ2v) is 9.54. The van der Waals surface area contributed by atoms with Gasteiger partial charge in [-0.1, -0.05) is 76.6 Å². The normalized spacial score (nSPS) is 12.4. The summed E-state index contributed by atoms with van der Waals surface area (Å²) in [6, 6.07) is 32.3. The van der Waals surface area contributed by atoms with Gasteiger partial charge in [-0.05, 0) is 58.7 Å². The van der Waals surface area contributed by atoms with Gasteiger partial charge in [-0.3, -0.25) is 0 Å². The lowest BCUT2D eigenvalue weighted by Crippen LogP contribution is -2.05. The Bertz CT molecular complexity index is 1630. The van der Waals surface area contributed by atoms with Gasteiger partial charge in [0.25, 0.3) is 0 Å². The van der Waals surface area contributed by atoms with Crippen LogP contribution in [-0.2, 0) is 7.05 Å². The van der Waals surface area contributed by atoms with Gasteiger partial charge in [0.1, 0.15) is 5.82 Å². The number of benzene rings is 4. The standard InChI is InChI=1S/C30H22BrFN2/c1-34-27-10-6-5-9-23(27)29(30(34)20-7-3-2-4-8-20)28(19-11-14-22(32)15-12-19)25-18-33-26-16-13-21(31)17-24(25)26/h2-18,28,33H,1H3. The van der Waals surface area contributed by atoms with Crippen LogP contribution in [0.1, 0.15) is 22.6 Å². The molecule has 2 heterocycles. The van der Waals surface area contributed by atoms with Crippen molar-refractivity contribution in [2.75, 3.05) is 0 Å². The average Bonchev–Trinajstić information content (AvgIpc) is 3.40. The maximum atomic E-state index is 14.0. The molecule has 0 amide bonds. The second-order valence-electron chi connectivity index (χ2n) is 8.62. The average molecular weight is 509 g/mol. The van der Waals surface area contributed by atoms with Crippen LogP contribution in [0.5, 0.6) is 0 Å². The fraction of sp³-hybridized carbons (Fsp3) is 0.0667. The molecule has 0 saturated carbocycles. The first-order chi connectivity index (χ1) is 16.6. The van der Waals surface area contributed by atoms with Crippen molar-refractivity contribution in [3.63, 3.8) is 0 Å². The first kappa shape index (κ1) is 20.9. The lowest BCUT2D eigenvalue weighted by Gasteiger charge is -2.20. The summed E-state index contributed by atoms with van der Waals surface area (Å²) in [7, 11) is 2.13. The van der Waals surface area contributed by atoms with Crippen LogP contribution >= 0.6 is 15.9 Å². The van der Waals surface area contributed by atoms with Crippen molar-refractivity contribution < 1.29 is 4.39 Å². The van der Waals surface area contributed by atoms with E-state index < -0.39 is 0 Å². The number of fused-ring (bicyclic) bond motifs is 2. The molecule has 0 spiro atoms. The van der Waals surface area contributed by atoms with E-state index in [1.165, 1.54) is 22.2 Å². The predicted molar refractivity (Wildman–Crippen MR) is 142 cm³/mol. The highest BCUT2D eigenvalue weighted by Crippen LogP contribution is 2.45. The number of hydrogen-bond donors (Lipinski definition) is 1. The summed E-state index contributed by atoms with van der Waals surface area (Å²) < 4.78 is 17.3. The number of nitrogens with one attached hydrogen (secondary N) is 1. The van der Waals surface area contributed by atoms with Gasteiger partial charge in [0.15, 0.2) is 0 Å². The second kappa shape index (κ2) is 8.30. The molecule has 6 rings (SSSR count). The summed E-state index contributed by atoms with van der Waals surface area (Å²) in [4.78, 5) is 3.46. The van der Waals surface area contributed by atoms with Crippen LogP contribution in [-0.4, -0.2) is 9.55 Å². The fourth-order valence-electron chi connectivity index (χ4n) is 5.17. The minimum Gasteiger partial charge on any atom is -0.361 e. The topological polar surface area (TPSA) is 20.7 Å². The highest BCUT2D eigenvalue weighted by Gasteiger charge is 2.28. The number of aryl methyl sites for hydroxylation is 1. The molecule has 0 fully saturated rings. The van der Waals surface area contributed by atoms with E-state index >= 15 is 0 Å². The number of halogens is 2. The molecule has 0 aliphatic carbocycles. The zero-order chi connectivity index (χ0) is 23.2. The Hall–Kier alpha value is -3.63. The van der Waals surface area contributed by atoms with E-state index in [2.05, 4.69) is 99.4 Å². The maximum Gasteiger partial charge on any atom is 0.123 e. The summed E-state index contributed by atoms with van der Waals surface area (Å²) in [6.07, 6.45) is 2.10. The number of aromatic nitrogens is 2. The smallest absolute Gasteiger partial charge is 0.123 e. The highest BCUT2D eigenvalue weighted by molar-refractivity contribution is 9.10. The van der Waals surface area contributed by atoms with Crippen molar-refractivity contribution in [1.29, 1.82) is 0 Å². The van der Waals surface area contributed by atoms with Crippen LogP contribution in [0.3, 0.4) is 0 Å². The van der Waals surface area contributed by atoms with Gasteiger partial charge >= 0.3 is 0 Å². The minimum atomic E-state index is -0.231. The van der Waals surface area contributed by atoms with E-state index in [1.54, 1.807) is 12.1 Å². The molecule has 0 saturated heterocycles. The summed E-state index contributed by atoms with van der Waals surface area (Å²) in [5.74, 6) is -0.324. The van der Waals surface area contributed by atoms with Gasteiger partial charge in [-0.25, -0.2) is 4.39 Å². The van der Waals surface area contributed by atoms with E-state index in [9.17, 15) is 4.39 Å². The van der Waals surface area contributed by atoms with Crippen LogP contribution in [0.25, 0.3) is 33.1 Å². The lowest BCUT2D eigenvalue weighted by molar-refractivity contribution is 0.627. The van der Waals surface area contributed by atoms with Gasteiger partial charge in [-0.2, -0.15) is 0 Å². The monoisotopic (exact) mass is 508 g/mol. The number of para-hydroxylation sites is 1. The largest absolute Gasteiger partial charge is 0.361 e. The number of rotatable bonds is 4. The first-order valence-corrected chi connectivity index (χ1v) is 12.1. The number of hydrogen-bond acceptors (Lipinski definition) is 0. The number of H-pyrrole nitrogens is 1. The van der Waals surface area contributed by atoms with Gasteiger partial charge in [0.2, 0.25) is 0 Å². The van der Waals surface area contributed by atoms with Crippen LogP contribution < -0.4 is 0 Å².